The number of hydrogen-bond donors (Lipinski definition) is 0. The van der Waals surface area contributed by atoms with Crippen molar-refractivity contribution < 1.29 is 4.42 Å². The van der Waals surface area contributed by atoms with Crippen LogP contribution in [0.4, 0.5) is 0 Å². The van der Waals surface area contributed by atoms with E-state index in [2.05, 4.69) is 21.2 Å². The largest absolute Gasteiger partial charge is 0.424 e. The summed E-state index contributed by atoms with van der Waals surface area (Å²) in [6.07, 6.45) is 2.34. The molecular weight excluding hydrogens is 252 g/mol. The van der Waals surface area contributed by atoms with Gasteiger partial charge in [-0.15, -0.1) is 10.2 Å². The van der Waals surface area contributed by atoms with Gasteiger partial charge in [-0.25, -0.2) is 0 Å². The first-order chi connectivity index (χ1) is 9.74. The molecule has 1 saturated carbocycles. The first-order valence-corrected chi connectivity index (χ1v) is 6.74. The van der Waals surface area contributed by atoms with Crippen molar-refractivity contribution >= 4 is 0 Å². The summed E-state index contributed by atoms with van der Waals surface area (Å²) in [6, 6.07) is 9.73. The number of rotatable bonds is 5. The predicted molar refractivity (Wildman–Crippen MR) is 72.6 cm³/mol. The fourth-order valence-electron chi connectivity index (χ4n) is 2.11. The molecule has 1 aromatic heterocycles. The van der Waals surface area contributed by atoms with Crippen LogP contribution < -0.4 is 0 Å². The van der Waals surface area contributed by atoms with Gasteiger partial charge in [-0.2, -0.15) is 5.26 Å². The molecule has 1 aliphatic carbocycles. The summed E-state index contributed by atoms with van der Waals surface area (Å²) in [5.41, 5.74) is 1.84. The summed E-state index contributed by atoms with van der Waals surface area (Å²) in [5.74, 6) is 1.95. The van der Waals surface area contributed by atoms with E-state index in [1.165, 1.54) is 12.8 Å². The van der Waals surface area contributed by atoms with Crippen molar-refractivity contribution in [1.82, 2.24) is 15.1 Å². The third kappa shape index (κ3) is 3.03. The summed E-state index contributed by atoms with van der Waals surface area (Å²) in [4.78, 5) is 2.12. The zero-order valence-corrected chi connectivity index (χ0v) is 11.4. The Labute approximate surface area is 117 Å². The molecule has 0 bridgehead atoms. The van der Waals surface area contributed by atoms with Crippen molar-refractivity contribution in [3.8, 4) is 6.07 Å². The van der Waals surface area contributed by atoms with Crippen LogP contribution in [-0.2, 0) is 13.1 Å². The van der Waals surface area contributed by atoms with E-state index in [0.717, 1.165) is 18.0 Å². The third-order valence-electron chi connectivity index (χ3n) is 3.35. The highest BCUT2D eigenvalue weighted by molar-refractivity contribution is 5.31. The maximum absolute atomic E-state index is 8.77. The number of hydrogen-bond acceptors (Lipinski definition) is 5. The van der Waals surface area contributed by atoms with E-state index in [-0.39, 0.29) is 0 Å². The summed E-state index contributed by atoms with van der Waals surface area (Å²) >= 11 is 0. The van der Waals surface area contributed by atoms with Gasteiger partial charge in [-0.1, -0.05) is 12.1 Å². The third-order valence-corrected chi connectivity index (χ3v) is 3.35. The molecule has 20 heavy (non-hydrogen) atoms. The quantitative estimate of drug-likeness (QED) is 0.833. The molecule has 5 heteroatoms. The molecule has 102 valence electrons. The molecule has 0 amide bonds. The number of nitriles is 1. The van der Waals surface area contributed by atoms with Crippen LogP contribution in [0.5, 0.6) is 0 Å². The van der Waals surface area contributed by atoms with Gasteiger partial charge in [0.1, 0.15) is 0 Å². The molecule has 3 rings (SSSR count). The van der Waals surface area contributed by atoms with Crippen LogP contribution in [0, 0.1) is 11.3 Å². The van der Waals surface area contributed by atoms with E-state index in [0.29, 0.717) is 23.9 Å². The fourth-order valence-corrected chi connectivity index (χ4v) is 2.11. The van der Waals surface area contributed by atoms with Crippen LogP contribution in [-0.4, -0.2) is 22.1 Å². The van der Waals surface area contributed by atoms with Gasteiger partial charge >= 0.3 is 0 Å². The minimum Gasteiger partial charge on any atom is -0.424 e. The minimum absolute atomic E-state index is 0.500. The highest BCUT2D eigenvalue weighted by Gasteiger charge is 2.29. The average molecular weight is 268 g/mol. The van der Waals surface area contributed by atoms with Crippen molar-refractivity contribution in [3.63, 3.8) is 0 Å². The molecule has 0 aliphatic heterocycles. The topological polar surface area (TPSA) is 66.0 Å². The van der Waals surface area contributed by atoms with Gasteiger partial charge in [-0.05, 0) is 37.6 Å². The molecule has 1 aliphatic rings. The highest BCUT2D eigenvalue weighted by Crippen LogP contribution is 2.39. The molecular formula is C15H16N4O. The fraction of sp³-hybridized carbons (Fsp3) is 0.400. The van der Waals surface area contributed by atoms with E-state index in [9.17, 15) is 0 Å². The Morgan fingerprint density at radius 1 is 1.25 bits per heavy atom. The molecule has 2 aromatic rings. The summed E-state index contributed by atoms with van der Waals surface area (Å²) in [7, 11) is 2.01. The average Bonchev–Trinajstić information content (AvgIpc) is 3.20. The van der Waals surface area contributed by atoms with Crippen LogP contribution in [0.25, 0.3) is 0 Å². The molecule has 0 radical (unpaired) electrons. The smallest absolute Gasteiger partial charge is 0.230 e. The number of aromatic nitrogens is 2. The van der Waals surface area contributed by atoms with Crippen LogP contribution in [0.1, 0.15) is 41.7 Å². The van der Waals surface area contributed by atoms with Gasteiger partial charge < -0.3 is 4.42 Å². The maximum Gasteiger partial charge on any atom is 0.230 e. The first-order valence-electron chi connectivity index (χ1n) is 6.74. The second-order valence-corrected chi connectivity index (χ2v) is 5.29. The number of nitrogens with zero attached hydrogens (tertiary/aromatic N) is 4. The Hall–Kier alpha value is -2.19. The molecule has 0 N–H and O–H groups in total. The van der Waals surface area contributed by atoms with Gasteiger partial charge in [0, 0.05) is 12.5 Å². The lowest BCUT2D eigenvalue weighted by molar-refractivity contribution is 0.277. The first kappa shape index (κ1) is 12.8. The van der Waals surface area contributed by atoms with Crippen molar-refractivity contribution in [2.45, 2.75) is 31.8 Å². The van der Waals surface area contributed by atoms with Crippen molar-refractivity contribution in [2.24, 2.45) is 0 Å². The van der Waals surface area contributed by atoms with E-state index < -0.39 is 0 Å². The van der Waals surface area contributed by atoms with E-state index in [4.69, 9.17) is 9.68 Å². The second kappa shape index (κ2) is 5.43. The van der Waals surface area contributed by atoms with Crippen LogP contribution >= 0.6 is 0 Å². The summed E-state index contributed by atoms with van der Waals surface area (Å²) in [5, 5.41) is 16.9. The van der Waals surface area contributed by atoms with Gasteiger partial charge in [0.25, 0.3) is 0 Å². The van der Waals surface area contributed by atoms with Crippen LogP contribution in [0.2, 0.25) is 0 Å². The van der Waals surface area contributed by atoms with Crippen LogP contribution in [0.15, 0.2) is 28.7 Å². The molecule has 0 atom stereocenters. The second-order valence-electron chi connectivity index (χ2n) is 5.29. The maximum atomic E-state index is 8.77. The molecule has 0 spiro atoms. The zero-order valence-electron chi connectivity index (χ0n) is 11.4. The lowest BCUT2D eigenvalue weighted by Gasteiger charge is -2.14. The molecule has 0 unspecified atom stereocenters. The molecule has 5 nitrogen and oxygen atoms in total. The van der Waals surface area contributed by atoms with Gasteiger partial charge in [-0.3, -0.25) is 4.90 Å². The zero-order chi connectivity index (χ0) is 13.9. The van der Waals surface area contributed by atoms with E-state index in [1.54, 1.807) is 0 Å². The lowest BCUT2D eigenvalue weighted by Crippen LogP contribution is -2.17. The Bertz CT molecular complexity index is 622. The number of benzene rings is 1. The SMILES string of the molecule is CN(Cc1ccc(C#N)cc1)Cc1nnc(C2CC2)o1. The predicted octanol–water partition coefficient (Wildman–Crippen LogP) is 2.45. The van der Waals surface area contributed by atoms with Crippen molar-refractivity contribution in [3.05, 3.63) is 47.2 Å². The molecule has 0 saturated heterocycles. The van der Waals surface area contributed by atoms with E-state index in [1.807, 2.05) is 31.3 Å². The normalized spacial score (nSPS) is 14.4. The molecule has 1 heterocycles. The van der Waals surface area contributed by atoms with Crippen molar-refractivity contribution in [2.75, 3.05) is 7.05 Å². The Morgan fingerprint density at radius 2 is 2.00 bits per heavy atom. The van der Waals surface area contributed by atoms with Gasteiger partial charge in [0.15, 0.2) is 0 Å². The monoisotopic (exact) mass is 268 g/mol. The van der Waals surface area contributed by atoms with Crippen LogP contribution in [0.3, 0.4) is 0 Å². The van der Waals surface area contributed by atoms with Gasteiger partial charge in [0.2, 0.25) is 11.8 Å². The molecule has 1 aromatic carbocycles. The summed E-state index contributed by atoms with van der Waals surface area (Å²) < 4.78 is 5.65. The standard InChI is InChI=1S/C15H16N4O/c1-19(9-12-4-2-11(8-16)3-5-12)10-14-17-18-15(20-14)13-6-7-13/h2-5,13H,6-7,9-10H2,1H3. The van der Waals surface area contributed by atoms with Crippen molar-refractivity contribution in [1.29, 1.82) is 5.26 Å². The minimum atomic E-state index is 0.500. The molecule has 1 fully saturated rings. The Kier molecular flexibility index (Phi) is 3.48. The lowest BCUT2D eigenvalue weighted by atomic mass is 10.1. The Morgan fingerprint density at radius 3 is 2.65 bits per heavy atom. The highest BCUT2D eigenvalue weighted by atomic mass is 16.4. The van der Waals surface area contributed by atoms with E-state index >= 15 is 0 Å². The summed E-state index contributed by atoms with van der Waals surface area (Å²) in [6.45, 7) is 1.42. The Balaban J connectivity index is 1.57. The van der Waals surface area contributed by atoms with Gasteiger partial charge in [0.05, 0.1) is 18.2 Å².